The summed E-state index contributed by atoms with van der Waals surface area (Å²) in [6.45, 7) is 0.384. The Morgan fingerprint density at radius 1 is 1.03 bits per heavy atom. The third kappa shape index (κ3) is 7.62. The van der Waals surface area contributed by atoms with E-state index in [1.807, 2.05) is 14.1 Å². The normalized spacial score (nSPS) is 19.3. The molecule has 6 aromatic rings. The van der Waals surface area contributed by atoms with Gasteiger partial charge in [0.05, 0.1) is 28.2 Å². The zero-order chi connectivity index (χ0) is 44.2. The maximum absolute atomic E-state index is 15.5. The maximum atomic E-state index is 15.5. The van der Waals surface area contributed by atoms with Crippen molar-refractivity contribution in [2.45, 2.75) is 62.3 Å². The third-order valence-electron chi connectivity index (χ3n) is 11.8. The molecule has 328 valence electrons. The number of sulfonamides is 1. The molecule has 13 nitrogen and oxygen atoms in total. The van der Waals surface area contributed by atoms with Gasteiger partial charge in [0, 0.05) is 60.2 Å². The number of benzene rings is 2. The van der Waals surface area contributed by atoms with Crippen molar-refractivity contribution in [3.05, 3.63) is 82.3 Å². The summed E-state index contributed by atoms with van der Waals surface area (Å²) < 4.78 is 132. The molecule has 5 heterocycles. The van der Waals surface area contributed by atoms with Crippen molar-refractivity contribution in [1.82, 2.24) is 39.7 Å². The van der Waals surface area contributed by atoms with Gasteiger partial charge in [0.15, 0.2) is 22.3 Å². The lowest BCUT2D eigenvalue weighted by Crippen LogP contribution is -2.41. The molecule has 4 aromatic heterocycles. The number of halogens is 7. The van der Waals surface area contributed by atoms with Gasteiger partial charge in [0.25, 0.3) is 5.92 Å². The van der Waals surface area contributed by atoms with Gasteiger partial charge in [0.1, 0.15) is 23.9 Å². The molecule has 0 bridgehead atoms. The smallest absolute Gasteiger partial charge is 0.348 e. The Morgan fingerprint density at radius 3 is 2.40 bits per heavy atom. The summed E-state index contributed by atoms with van der Waals surface area (Å²) in [5.74, 6) is -8.87. The fourth-order valence-electron chi connectivity index (χ4n) is 9.01. The minimum atomic E-state index is -5.06. The molecule has 2 aromatic carbocycles. The van der Waals surface area contributed by atoms with Crippen LogP contribution in [0.2, 0.25) is 0 Å². The number of carbonyl (C=O) groups excluding carboxylic acids is 1. The summed E-state index contributed by atoms with van der Waals surface area (Å²) in [5.41, 5.74) is -1.35. The fraction of sp³-hybridized carbons (Fsp3) is 0.425. The largest absolute Gasteiger partial charge is 0.435 e. The van der Waals surface area contributed by atoms with Crippen LogP contribution in [0, 0.1) is 17.6 Å². The monoisotopic (exact) mass is 904 g/mol. The van der Waals surface area contributed by atoms with Crippen molar-refractivity contribution < 1.29 is 43.9 Å². The van der Waals surface area contributed by atoms with Gasteiger partial charge in [-0.15, -0.1) is 0 Å². The van der Waals surface area contributed by atoms with Crippen molar-refractivity contribution in [1.29, 1.82) is 0 Å². The second kappa shape index (κ2) is 14.9. The second-order valence-corrected chi connectivity index (χ2v) is 19.2. The second-order valence-electron chi connectivity index (χ2n) is 16.4. The summed E-state index contributed by atoms with van der Waals surface area (Å²) in [4.78, 5) is 28.3. The number of aromatic nitrogens is 6. The number of hydrogen-bond donors (Lipinski definition) is 2. The number of piperidine rings is 1. The standard InChI is InChI=1S/C40H39F7N10O3S2/c1-54(2)22-8-10-56(11-9-22)38-50-37-29(61-38)17-25(23-6-5-7-24-33(23)55(3)52-36(24)53-62(4,59)60)32(49-37)28(14-19-12-20(41)15-21(42)13-19)48-30(58)18-57-35-31(34(51-57)40(45,46)47)26-16-27(26)39(35,43)44/h5-7,12-13,15,17,22,26-28H,8-11,14,16,18H2,1-4H3,(H,48,58)(H,52,53)/t26-,27+,28-/m0/s1. The lowest BCUT2D eigenvalue weighted by Gasteiger charge is -2.34. The predicted molar refractivity (Wildman–Crippen MR) is 217 cm³/mol. The number of thiazole rings is 1. The van der Waals surface area contributed by atoms with Crippen LogP contribution in [0.15, 0.2) is 42.5 Å². The minimum Gasteiger partial charge on any atom is -0.348 e. The number of amides is 1. The Morgan fingerprint density at radius 2 is 1.74 bits per heavy atom. The van der Waals surface area contributed by atoms with Gasteiger partial charge >= 0.3 is 6.18 Å². The van der Waals surface area contributed by atoms with Gasteiger partial charge in [-0.05, 0) is 75.5 Å². The van der Waals surface area contributed by atoms with E-state index in [1.165, 1.54) is 16.0 Å². The van der Waals surface area contributed by atoms with Gasteiger partial charge < -0.3 is 15.1 Å². The number of rotatable bonds is 11. The summed E-state index contributed by atoms with van der Waals surface area (Å²) in [6.07, 6.45) is -2.77. The number of anilines is 2. The Balaban J connectivity index is 1.18. The third-order valence-corrected chi connectivity index (χ3v) is 13.4. The summed E-state index contributed by atoms with van der Waals surface area (Å²) in [5, 5.41) is 11.7. The number of nitrogens with one attached hydrogen (secondary N) is 2. The molecule has 2 N–H and O–H groups in total. The van der Waals surface area contributed by atoms with Gasteiger partial charge in [0.2, 0.25) is 15.9 Å². The van der Waals surface area contributed by atoms with E-state index in [9.17, 15) is 35.2 Å². The van der Waals surface area contributed by atoms with Gasteiger partial charge in [-0.2, -0.15) is 37.1 Å². The minimum absolute atomic E-state index is 0.0307. The quantitative estimate of drug-likeness (QED) is 0.132. The number of hydrogen-bond acceptors (Lipinski definition) is 10. The van der Waals surface area contributed by atoms with E-state index in [0.717, 1.165) is 31.2 Å². The van der Waals surface area contributed by atoms with Gasteiger partial charge in [-0.1, -0.05) is 23.5 Å². The molecule has 0 radical (unpaired) electrons. The average molecular weight is 905 g/mol. The van der Waals surface area contributed by atoms with Crippen molar-refractivity contribution in [3.8, 4) is 11.1 Å². The number of alkyl halides is 5. The van der Waals surface area contributed by atoms with E-state index < -0.39 is 81.0 Å². The number of para-hydroxylation sites is 1. The van der Waals surface area contributed by atoms with Crippen LogP contribution in [0.4, 0.5) is 41.7 Å². The van der Waals surface area contributed by atoms with Crippen LogP contribution in [0.1, 0.15) is 59.4 Å². The Hall–Kier alpha value is -5.35. The highest BCUT2D eigenvalue weighted by Gasteiger charge is 2.68. The van der Waals surface area contributed by atoms with Gasteiger partial charge in [-0.3, -0.25) is 18.9 Å². The maximum Gasteiger partial charge on any atom is 0.435 e. The number of carbonyl (C=O) groups is 1. The zero-order valence-corrected chi connectivity index (χ0v) is 35.2. The topological polar surface area (TPSA) is 143 Å². The molecule has 3 aliphatic rings. The van der Waals surface area contributed by atoms with Crippen molar-refractivity contribution >= 4 is 59.5 Å². The fourth-order valence-corrected chi connectivity index (χ4v) is 10.5. The number of nitrogens with zero attached hydrogens (tertiary/aromatic N) is 8. The van der Waals surface area contributed by atoms with Crippen LogP contribution < -0.4 is 14.9 Å². The van der Waals surface area contributed by atoms with E-state index in [4.69, 9.17) is 9.97 Å². The van der Waals surface area contributed by atoms with E-state index >= 15 is 8.78 Å². The molecular weight excluding hydrogens is 866 g/mol. The lowest BCUT2D eigenvalue weighted by atomic mass is 9.94. The highest BCUT2D eigenvalue weighted by molar-refractivity contribution is 7.92. The van der Waals surface area contributed by atoms with Crippen LogP contribution in [-0.4, -0.2) is 88.2 Å². The molecule has 2 fully saturated rings. The Bertz CT molecular complexity index is 2870. The first kappa shape index (κ1) is 42.0. The molecule has 2 aliphatic carbocycles. The number of fused-ring (bicyclic) bond motifs is 5. The average Bonchev–Trinajstić information content (AvgIpc) is 3.44. The Kier molecular flexibility index (Phi) is 10.1. The van der Waals surface area contributed by atoms with E-state index in [-0.39, 0.29) is 35.6 Å². The molecule has 0 unspecified atom stereocenters. The molecule has 1 saturated carbocycles. The molecular formula is C40H39F7N10O3S2. The molecule has 62 heavy (non-hydrogen) atoms. The molecule has 3 atom stereocenters. The van der Waals surface area contributed by atoms with Crippen molar-refractivity contribution in [3.63, 3.8) is 0 Å². The first-order chi connectivity index (χ1) is 29.2. The first-order valence-electron chi connectivity index (χ1n) is 19.6. The predicted octanol–water partition coefficient (Wildman–Crippen LogP) is 6.95. The summed E-state index contributed by atoms with van der Waals surface area (Å²) in [6, 6.07) is 8.65. The number of pyridine rings is 1. The van der Waals surface area contributed by atoms with Crippen LogP contribution in [-0.2, 0) is 46.9 Å². The SMILES string of the molecule is CN(C)C1CCN(c2nc3nc([C@H](Cc4cc(F)cc(F)c4)NC(=O)Cn4nc(C(F)(F)F)c5c4C(F)(F)[C@@H]4C[C@H]54)c(-c4cccc5c(NS(C)(=O)=O)nn(C)c45)cc3s2)CC1. The zero-order valence-electron chi connectivity index (χ0n) is 33.6. The summed E-state index contributed by atoms with van der Waals surface area (Å²) in [7, 11) is 1.88. The van der Waals surface area contributed by atoms with Crippen molar-refractivity contribution in [2.75, 3.05) is 43.1 Å². The Labute approximate surface area is 354 Å². The highest BCUT2D eigenvalue weighted by atomic mass is 32.2. The van der Waals surface area contributed by atoms with E-state index in [0.29, 0.717) is 61.7 Å². The van der Waals surface area contributed by atoms with Crippen LogP contribution >= 0.6 is 11.3 Å². The molecule has 9 rings (SSSR count). The van der Waals surface area contributed by atoms with Crippen LogP contribution in [0.3, 0.4) is 0 Å². The lowest BCUT2D eigenvalue weighted by molar-refractivity contribution is -0.142. The van der Waals surface area contributed by atoms with Crippen LogP contribution in [0.5, 0.6) is 0 Å². The molecule has 0 spiro atoms. The summed E-state index contributed by atoms with van der Waals surface area (Å²) >= 11 is 1.37. The first-order valence-corrected chi connectivity index (χ1v) is 22.3. The molecule has 1 amide bonds. The van der Waals surface area contributed by atoms with E-state index in [2.05, 4.69) is 30.0 Å². The van der Waals surface area contributed by atoms with E-state index in [1.54, 1.807) is 31.3 Å². The number of aryl methyl sites for hydroxylation is 1. The molecule has 1 saturated heterocycles. The highest BCUT2D eigenvalue weighted by Crippen LogP contribution is 2.68. The van der Waals surface area contributed by atoms with Crippen LogP contribution in [0.25, 0.3) is 32.4 Å². The molecule has 1 aliphatic heterocycles. The molecule has 22 heteroatoms. The van der Waals surface area contributed by atoms with Crippen molar-refractivity contribution in [2.24, 2.45) is 13.0 Å². The van der Waals surface area contributed by atoms with Gasteiger partial charge in [-0.25, -0.2) is 22.2 Å².